The van der Waals surface area contributed by atoms with Crippen molar-refractivity contribution in [2.24, 2.45) is 0 Å². The van der Waals surface area contributed by atoms with Gasteiger partial charge in [0.2, 0.25) is 5.89 Å². The van der Waals surface area contributed by atoms with E-state index in [2.05, 4.69) is 29.0 Å². The minimum atomic E-state index is -0.0528. The summed E-state index contributed by atoms with van der Waals surface area (Å²) >= 11 is 4.75. The van der Waals surface area contributed by atoms with E-state index in [1.165, 1.54) is 16.2 Å². The molecule has 134 valence electrons. The minimum Gasteiger partial charge on any atom is -0.443 e. The Morgan fingerprint density at radius 2 is 2.11 bits per heavy atom. The van der Waals surface area contributed by atoms with Crippen LogP contribution >= 0.6 is 34.0 Å². The van der Waals surface area contributed by atoms with Gasteiger partial charge in [-0.2, -0.15) is 0 Å². The fourth-order valence-electron chi connectivity index (χ4n) is 2.91. The third-order valence-corrected chi connectivity index (χ3v) is 6.96. The van der Waals surface area contributed by atoms with Crippen molar-refractivity contribution >= 4 is 44.2 Å². The molecular weight excluding hydrogens is 398 g/mol. The number of thiophene rings is 3. The third kappa shape index (κ3) is 2.95. The Kier molecular flexibility index (Phi) is 4.04. The van der Waals surface area contributed by atoms with Gasteiger partial charge in [0, 0.05) is 20.7 Å². The molecule has 5 aromatic rings. The summed E-state index contributed by atoms with van der Waals surface area (Å²) in [7, 11) is 0. The van der Waals surface area contributed by atoms with Gasteiger partial charge in [-0.25, -0.2) is 9.97 Å². The summed E-state index contributed by atoms with van der Waals surface area (Å²) in [5, 5.41) is 4.66. The maximum Gasteiger partial charge on any atom is 0.263 e. The van der Waals surface area contributed by atoms with Crippen molar-refractivity contribution in [3.05, 3.63) is 68.5 Å². The second-order valence-corrected chi connectivity index (χ2v) is 9.13. The smallest absolute Gasteiger partial charge is 0.263 e. The molecular formula is C19H13N3O2S3. The van der Waals surface area contributed by atoms with Crippen molar-refractivity contribution in [3.8, 4) is 21.2 Å². The summed E-state index contributed by atoms with van der Waals surface area (Å²) < 4.78 is 7.15. The molecule has 0 unspecified atom stereocenters. The van der Waals surface area contributed by atoms with Crippen molar-refractivity contribution < 1.29 is 4.42 Å². The van der Waals surface area contributed by atoms with Crippen LogP contribution in [0.3, 0.4) is 0 Å². The topological polar surface area (TPSA) is 60.9 Å². The number of oxazole rings is 1. The molecule has 5 aromatic heterocycles. The van der Waals surface area contributed by atoms with Crippen LogP contribution in [0.4, 0.5) is 0 Å². The lowest BCUT2D eigenvalue weighted by Crippen LogP contribution is -2.21. The molecule has 0 amide bonds. The van der Waals surface area contributed by atoms with Crippen LogP contribution in [-0.2, 0) is 6.54 Å². The van der Waals surface area contributed by atoms with Crippen LogP contribution < -0.4 is 5.56 Å². The molecule has 0 atom stereocenters. The molecule has 0 aliphatic carbocycles. The Bertz CT molecular complexity index is 1290. The number of aromatic nitrogens is 3. The second-order valence-electron chi connectivity index (χ2n) is 6.04. The van der Waals surface area contributed by atoms with Crippen LogP contribution in [0, 0.1) is 6.92 Å². The van der Waals surface area contributed by atoms with Gasteiger partial charge in [0.05, 0.1) is 28.8 Å². The van der Waals surface area contributed by atoms with Crippen molar-refractivity contribution in [2.75, 3.05) is 0 Å². The maximum atomic E-state index is 13.1. The van der Waals surface area contributed by atoms with Crippen LogP contribution in [-0.4, -0.2) is 14.5 Å². The van der Waals surface area contributed by atoms with Crippen LogP contribution in [0.5, 0.6) is 0 Å². The SMILES string of the molecule is Cc1ccc(-c2csc3ncn(Cc4coc(-c5cccs5)n4)c(=O)c23)s1. The first-order valence-corrected chi connectivity index (χ1v) is 10.8. The first kappa shape index (κ1) is 16.6. The Hall–Kier alpha value is -2.55. The Morgan fingerprint density at radius 3 is 2.89 bits per heavy atom. The number of hydrogen-bond acceptors (Lipinski definition) is 7. The molecule has 0 bridgehead atoms. The molecule has 0 saturated heterocycles. The fraction of sp³-hybridized carbons (Fsp3) is 0.105. The molecule has 27 heavy (non-hydrogen) atoms. The zero-order valence-corrected chi connectivity index (χ0v) is 16.7. The highest BCUT2D eigenvalue weighted by molar-refractivity contribution is 7.19. The highest BCUT2D eigenvalue weighted by atomic mass is 32.1. The lowest BCUT2D eigenvalue weighted by Gasteiger charge is -2.03. The summed E-state index contributed by atoms with van der Waals surface area (Å²) in [5.74, 6) is 0.576. The molecule has 0 saturated carbocycles. The van der Waals surface area contributed by atoms with Gasteiger partial charge in [0.25, 0.3) is 5.56 Å². The van der Waals surface area contributed by atoms with E-state index in [0.29, 0.717) is 23.5 Å². The summed E-state index contributed by atoms with van der Waals surface area (Å²) in [6.45, 7) is 2.39. The third-order valence-electron chi connectivity index (χ3n) is 4.18. The lowest BCUT2D eigenvalue weighted by molar-refractivity contribution is 0.572. The van der Waals surface area contributed by atoms with Crippen LogP contribution in [0.25, 0.3) is 31.4 Å². The van der Waals surface area contributed by atoms with Crippen molar-refractivity contribution in [2.45, 2.75) is 13.5 Å². The molecule has 8 heteroatoms. The molecule has 5 rings (SSSR count). The molecule has 0 aliphatic rings. The van der Waals surface area contributed by atoms with Crippen LogP contribution in [0.1, 0.15) is 10.6 Å². The van der Waals surface area contributed by atoms with Gasteiger partial charge >= 0.3 is 0 Å². The molecule has 0 radical (unpaired) electrons. The number of rotatable bonds is 4. The van der Waals surface area contributed by atoms with E-state index in [9.17, 15) is 4.79 Å². The monoisotopic (exact) mass is 411 g/mol. The fourth-order valence-corrected chi connectivity index (χ4v) is 5.43. The van der Waals surface area contributed by atoms with E-state index in [0.717, 1.165) is 20.1 Å². The van der Waals surface area contributed by atoms with Crippen molar-refractivity contribution in [1.29, 1.82) is 0 Å². The summed E-state index contributed by atoms with van der Waals surface area (Å²) in [4.78, 5) is 26.1. The molecule has 5 heterocycles. The summed E-state index contributed by atoms with van der Waals surface area (Å²) in [5.41, 5.74) is 1.60. The molecule has 0 aliphatic heterocycles. The molecule has 0 N–H and O–H groups in total. The quantitative estimate of drug-likeness (QED) is 0.405. The lowest BCUT2D eigenvalue weighted by atomic mass is 10.2. The average Bonchev–Trinajstić information content (AvgIpc) is 3.43. The van der Waals surface area contributed by atoms with Gasteiger partial charge in [-0.05, 0) is 30.5 Å². The predicted molar refractivity (Wildman–Crippen MR) is 111 cm³/mol. The predicted octanol–water partition coefficient (Wildman–Crippen LogP) is 5.26. The summed E-state index contributed by atoms with van der Waals surface area (Å²) in [6.07, 6.45) is 3.19. The van der Waals surface area contributed by atoms with E-state index >= 15 is 0 Å². The number of nitrogens with zero attached hydrogens (tertiary/aromatic N) is 3. The molecule has 0 aromatic carbocycles. The maximum absolute atomic E-state index is 13.1. The van der Waals surface area contributed by atoms with Gasteiger partial charge in [-0.3, -0.25) is 9.36 Å². The van der Waals surface area contributed by atoms with Gasteiger partial charge < -0.3 is 4.42 Å². The van der Waals surface area contributed by atoms with E-state index in [-0.39, 0.29) is 5.56 Å². The van der Waals surface area contributed by atoms with E-state index < -0.39 is 0 Å². The average molecular weight is 412 g/mol. The van der Waals surface area contributed by atoms with E-state index in [1.54, 1.807) is 39.8 Å². The Morgan fingerprint density at radius 1 is 1.19 bits per heavy atom. The number of hydrogen-bond donors (Lipinski definition) is 0. The zero-order valence-electron chi connectivity index (χ0n) is 14.2. The highest BCUT2D eigenvalue weighted by Crippen LogP contribution is 2.35. The van der Waals surface area contributed by atoms with Crippen molar-refractivity contribution in [3.63, 3.8) is 0 Å². The molecule has 5 nitrogen and oxygen atoms in total. The minimum absolute atomic E-state index is 0.0528. The largest absolute Gasteiger partial charge is 0.443 e. The molecule has 0 fully saturated rings. The first-order valence-electron chi connectivity index (χ1n) is 8.21. The highest BCUT2D eigenvalue weighted by Gasteiger charge is 2.15. The second kappa shape index (κ2) is 6.56. The number of fused-ring (bicyclic) bond motifs is 1. The van der Waals surface area contributed by atoms with Crippen LogP contribution in [0.15, 0.2) is 56.8 Å². The molecule has 0 spiro atoms. The summed E-state index contributed by atoms with van der Waals surface area (Å²) in [6, 6.07) is 8.04. The normalized spacial score (nSPS) is 11.4. The van der Waals surface area contributed by atoms with Gasteiger partial charge in [0.15, 0.2) is 0 Å². The van der Waals surface area contributed by atoms with E-state index in [1.807, 2.05) is 22.9 Å². The number of aryl methyl sites for hydroxylation is 1. The standard InChI is InChI=1S/C19H13N3O2S3/c1-11-4-5-14(27-11)13-9-26-18-16(13)19(23)22(10-20-18)7-12-8-24-17(21-12)15-3-2-6-25-15/h2-6,8-10H,7H2,1H3. The van der Waals surface area contributed by atoms with Crippen LogP contribution in [0.2, 0.25) is 0 Å². The Balaban J connectivity index is 1.54. The van der Waals surface area contributed by atoms with Gasteiger partial charge in [0.1, 0.15) is 11.1 Å². The van der Waals surface area contributed by atoms with Gasteiger partial charge in [-0.15, -0.1) is 34.0 Å². The zero-order chi connectivity index (χ0) is 18.4. The van der Waals surface area contributed by atoms with Crippen molar-refractivity contribution in [1.82, 2.24) is 14.5 Å². The van der Waals surface area contributed by atoms with Gasteiger partial charge in [-0.1, -0.05) is 6.07 Å². The Labute approximate surface area is 166 Å². The van der Waals surface area contributed by atoms with E-state index in [4.69, 9.17) is 4.42 Å². The first-order chi connectivity index (χ1) is 13.2.